The number of hydrogen-bond acceptors (Lipinski definition) is 6. The van der Waals surface area contributed by atoms with Crippen LogP contribution in [0.1, 0.15) is 43.7 Å². The highest BCUT2D eigenvalue weighted by atomic mass is 16.5. The highest BCUT2D eigenvalue weighted by molar-refractivity contribution is 5.90. The van der Waals surface area contributed by atoms with Gasteiger partial charge in [0.15, 0.2) is 11.5 Å². The largest absolute Gasteiger partial charge is 0.493 e. The van der Waals surface area contributed by atoms with Crippen molar-refractivity contribution in [3.63, 3.8) is 0 Å². The summed E-state index contributed by atoms with van der Waals surface area (Å²) in [4.78, 5) is 14.7. The molecule has 1 aromatic heterocycles. The summed E-state index contributed by atoms with van der Waals surface area (Å²) in [5.41, 5.74) is 1.37. The molecule has 1 atom stereocenters. The topological polar surface area (TPSA) is 86.1 Å². The van der Waals surface area contributed by atoms with Crippen molar-refractivity contribution in [2.24, 2.45) is 0 Å². The van der Waals surface area contributed by atoms with E-state index in [2.05, 4.69) is 17.4 Å². The number of aryl methyl sites for hydroxylation is 1. The average Bonchev–Trinajstić information content (AvgIpc) is 3.36. The summed E-state index contributed by atoms with van der Waals surface area (Å²) in [5, 5.41) is 7.11. The van der Waals surface area contributed by atoms with Gasteiger partial charge in [0.1, 0.15) is 11.5 Å². The molecular formula is C20H27N3O5. The third kappa shape index (κ3) is 4.00. The fraction of sp³-hybridized carbons (Fsp3) is 0.500. The minimum Gasteiger partial charge on any atom is -0.493 e. The molecule has 2 amide bonds. The van der Waals surface area contributed by atoms with Gasteiger partial charge in [-0.25, -0.2) is 4.79 Å². The highest BCUT2D eigenvalue weighted by Gasteiger charge is 2.32. The molecule has 0 radical (unpaired) electrons. The molecule has 0 unspecified atom stereocenters. The number of likely N-dealkylation sites (tertiary alicyclic amines) is 1. The molecule has 0 saturated carbocycles. The molecule has 1 fully saturated rings. The Morgan fingerprint density at radius 1 is 1.21 bits per heavy atom. The molecular weight excluding hydrogens is 362 g/mol. The van der Waals surface area contributed by atoms with Crippen LogP contribution in [0.25, 0.3) is 0 Å². The second-order valence-electron chi connectivity index (χ2n) is 6.66. The van der Waals surface area contributed by atoms with Gasteiger partial charge in [0.2, 0.25) is 5.75 Å². The highest BCUT2D eigenvalue weighted by Crippen LogP contribution is 2.40. The first-order valence-corrected chi connectivity index (χ1v) is 9.44. The number of nitrogens with one attached hydrogen (secondary N) is 1. The maximum Gasteiger partial charge on any atom is 0.322 e. The second kappa shape index (κ2) is 8.86. The molecule has 0 bridgehead atoms. The summed E-state index contributed by atoms with van der Waals surface area (Å²) in [6.45, 7) is 2.76. The molecule has 2 aromatic rings. The van der Waals surface area contributed by atoms with Crippen LogP contribution < -0.4 is 19.5 Å². The van der Waals surface area contributed by atoms with Gasteiger partial charge in [0, 0.05) is 31.2 Å². The Labute approximate surface area is 164 Å². The van der Waals surface area contributed by atoms with Crippen LogP contribution in [0.4, 0.5) is 10.5 Å². The van der Waals surface area contributed by atoms with E-state index < -0.39 is 0 Å². The normalized spacial score (nSPS) is 16.1. The van der Waals surface area contributed by atoms with Crippen molar-refractivity contribution >= 4 is 11.7 Å². The fourth-order valence-electron chi connectivity index (χ4n) is 3.52. The number of rotatable bonds is 7. The third-order valence-electron chi connectivity index (χ3n) is 4.84. The molecule has 2 heterocycles. The Bertz CT molecular complexity index is 795. The zero-order valence-corrected chi connectivity index (χ0v) is 16.8. The molecule has 1 aromatic carbocycles. The van der Waals surface area contributed by atoms with Crippen LogP contribution >= 0.6 is 0 Å². The van der Waals surface area contributed by atoms with Gasteiger partial charge in [-0.3, -0.25) is 0 Å². The van der Waals surface area contributed by atoms with Crippen LogP contribution in [0, 0.1) is 0 Å². The van der Waals surface area contributed by atoms with Gasteiger partial charge >= 0.3 is 6.03 Å². The van der Waals surface area contributed by atoms with Crippen molar-refractivity contribution in [1.82, 2.24) is 10.1 Å². The molecule has 8 heteroatoms. The predicted octanol–water partition coefficient (Wildman–Crippen LogP) is 4.02. The number of nitrogens with zero attached hydrogens (tertiary/aromatic N) is 2. The van der Waals surface area contributed by atoms with Crippen molar-refractivity contribution in [2.75, 3.05) is 33.2 Å². The van der Waals surface area contributed by atoms with Gasteiger partial charge in [-0.15, -0.1) is 0 Å². The van der Waals surface area contributed by atoms with Crippen LogP contribution in [0.5, 0.6) is 17.2 Å². The molecule has 1 saturated heterocycles. The molecule has 1 N–H and O–H groups in total. The number of urea groups is 1. The van der Waals surface area contributed by atoms with Crippen molar-refractivity contribution in [1.29, 1.82) is 0 Å². The van der Waals surface area contributed by atoms with Crippen LogP contribution in [0.3, 0.4) is 0 Å². The number of ether oxygens (including phenoxy) is 3. The molecule has 0 spiro atoms. The summed E-state index contributed by atoms with van der Waals surface area (Å²) in [6, 6.07) is 5.09. The zero-order valence-electron chi connectivity index (χ0n) is 16.8. The first-order valence-electron chi connectivity index (χ1n) is 9.44. The summed E-state index contributed by atoms with van der Waals surface area (Å²) < 4.78 is 21.4. The number of benzene rings is 1. The average molecular weight is 389 g/mol. The van der Waals surface area contributed by atoms with Crippen molar-refractivity contribution in [3.05, 3.63) is 29.7 Å². The number of aromatic nitrogens is 1. The maximum atomic E-state index is 12.9. The molecule has 1 aliphatic heterocycles. The molecule has 1 aliphatic rings. The quantitative estimate of drug-likeness (QED) is 0.770. The lowest BCUT2D eigenvalue weighted by molar-refractivity contribution is 0.204. The Kier molecular flexibility index (Phi) is 6.28. The van der Waals surface area contributed by atoms with E-state index in [9.17, 15) is 4.79 Å². The lowest BCUT2D eigenvalue weighted by atomic mass is 10.1. The van der Waals surface area contributed by atoms with Gasteiger partial charge in [-0.2, -0.15) is 0 Å². The van der Waals surface area contributed by atoms with E-state index in [1.165, 1.54) is 21.3 Å². The number of anilines is 1. The van der Waals surface area contributed by atoms with Crippen LogP contribution in [-0.4, -0.2) is 44.0 Å². The van der Waals surface area contributed by atoms with Gasteiger partial charge in [0.25, 0.3) is 0 Å². The lowest BCUT2D eigenvalue weighted by Gasteiger charge is -2.24. The van der Waals surface area contributed by atoms with E-state index in [-0.39, 0.29) is 12.1 Å². The van der Waals surface area contributed by atoms with E-state index in [4.69, 9.17) is 18.7 Å². The van der Waals surface area contributed by atoms with Gasteiger partial charge in [-0.1, -0.05) is 12.1 Å². The van der Waals surface area contributed by atoms with Crippen molar-refractivity contribution in [3.8, 4) is 17.2 Å². The van der Waals surface area contributed by atoms with Crippen LogP contribution in [0.15, 0.2) is 22.7 Å². The second-order valence-corrected chi connectivity index (χ2v) is 6.66. The van der Waals surface area contributed by atoms with Crippen LogP contribution in [-0.2, 0) is 6.42 Å². The smallest absolute Gasteiger partial charge is 0.322 e. The number of carbonyl (C=O) groups excluding carboxylic acids is 1. The van der Waals surface area contributed by atoms with E-state index in [0.29, 0.717) is 29.5 Å². The fourth-order valence-corrected chi connectivity index (χ4v) is 3.52. The zero-order chi connectivity index (χ0) is 20.1. The molecule has 8 nitrogen and oxygen atoms in total. The number of amides is 2. The van der Waals surface area contributed by atoms with Crippen molar-refractivity contribution in [2.45, 2.75) is 38.6 Å². The first-order chi connectivity index (χ1) is 13.6. The number of carbonyl (C=O) groups is 1. The summed E-state index contributed by atoms with van der Waals surface area (Å²) in [5.74, 6) is 2.30. The van der Waals surface area contributed by atoms with E-state index in [1.54, 1.807) is 17.0 Å². The first kappa shape index (κ1) is 19.9. The minimum absolute atomic E-state index is 0.0867. The number of hydrogen-bond donors (Lipinski definition) is 1. The lowest BCUT2D eigenvalue weighted by Crippen LogP contribution is -2.34. The SMILES string of the molecule is CCCc1cc([C@H]2CCCN2C(=O)Nc2cc(OC)c(OC)c(OC)c2)no1. The summed E-state index contributed by atoms with van der Waals surface area (Å²) in [6.07, 6.45) is 3.62. The molecule has 152 valence electrons. The van der Waals surface area contributed by atoms with E-state index >= 15 is 0 Å². The monoisotopic (exact) mass is 389 g/mol. The summed E-state index contributed by atoms with van der Waals surface area (Å²) in [7, 11) is 4.62. The van der Waals surface area contributed by atoms with Gasteiger partial charge in [-0.05, 0) is 19.3 Å². The Balaban J connectivity index is 1.78. The standard InChI is InChI=1S/C20H27N3O5/c1-5-7-14-12-15(22-28-14)16-8-6-9-23(16)20(24)21-13-10-17(25-2)19(27-4)18(11-13)26-3/h10-12,16H,5-9H2,1-4H3,(H,21,24)/t16-/m1/s1. The summed E-state index contributed by atoms with van der Waals surface area (Å²) >= 11 is 0. The molecule has 3 rings (SSSR count). The molecule has 0 aliphatic carbocycles. The van der Waals surface area contributed by atoms with Gasteiger partial charge < -0.3 is 29.0 Å². The van der Waals surface area contributed by atoms with Crippen LogP contribution in [0.2, 0.25) is 0 Å². The molecule has 28 heavy (non-hydrogen) atoms. The Morgan fingerprint density at radius 3 is 2.54 bits per heavy atom. The Hall–Kier alpha value is -2.90. The van der Waals surface area contributed by atoms with Crippen molar-refractivity contribution < 1.29 is 23.5 Å². The van der Waals surface area contributed by atoms with E-state index in [0.717, 1.165) is 37.1 Å². The minimum atomic E-state index is -0.197. The van der Waals surface area contributed by atoms with E-state index in [1.807, 2.05) is 6.07 Å². The van der Waals surface area contributed by atoms with Gasteiger partial charge in [0.05, 0.1) is 33.1 Å². The maximum absolute atomic E-state index is 12.9. The Morgan fingerprint density at radius 2 is 1.93 bits per heavy atom. The number of methoxy groups -OCH3 is 3. The third-order valence-corrected chi connectivity index (χ3v) is 4.84. The predicted molar refractivity (Wildman–Crippen MR) is 104 cm³/mol.